The number of benzene rings is 2. The molecule has 0 saturated heterocycles. The van der Waals surface area contributed by atoms with Gasteiger partial charge in [-0.3, -0.25) is 0 Å². The molecule has 21 heavy (non-hydrogen) atoms. The first-order valence-electron chi connectivity index (χ1n) is 7.36. The standard InChI is InChI=1S/C20H14O/c1-3-7-15-13(5-1)9-10-14-6-2-4-8-16(14)20-18-12-11-17(21-18)19(15)20/h1-12,17-18H/b10-9-,13-9?,14-10?,19-15?,20-16?. The maximum absolute atomic E-state index is 6.13. The molecule has 0 N–H and O–H groups in total. The summed E-state index contributed by atoms with van der Waals surface area (Å²) < 4.78 is 6.13. The molecule has 0 radical (unpaired) electrons. The smallest absolute Gasteiger partial charge is 0.103 e. The Morgan fingerprint density at radius 2 is 1.10 bits per heavy atom. The SMILES string of the molecule is C1=CC2OC1C1=C2c2ccccc2/C=C\c2ccccc21. The molecule has 2 aromatic carbocycles. The third kappa shape index (κ3) is 1.50. The van der Waals surface area contributed by atoms with Gasteiger partial charge in [0.05, 0.1) is 0 Å². The lowest BCUT2D eigenvalue weighted by molar-refractivity contribution is 0.143. The molecule has 5 rings (SSSR count). The zero-order valence-corrected chi connectivity index (χ0v) is 11.5. The average molecular weight is 270 g/mol. The topological polar surface area (TPSA) is 9.23 Å². The summed E-state index contributed by atoms with van der Waals surface area (Å²) in [5.74, 6) is 0. The van der Waals surface area contributed by atoms with Gasteiger partial charge in [-0.25, -0.2) is 0 Å². The Morgan fingerprint density at radius 1 is 0.619 bits per heavy atom. The summed E-state index contributed by atoms with van der Waals surface area (Å²) in [6, 6.07) is 17.2. The van der Waals surface area contributed by atoms with Crippen molar-refractivity contribution < 1.29 is 4.74 Å². The highest BCUT2D eigenvalue weighted by molar-refractivity contribution is 6.04. The fourth-order valence-electron chi connectivity index (χ4n) is 3.64. The van der Waals surface area contributed by atoms with Crippen LogP contribution in [0.4, 0.5) is 0 Å². The number of hydrogen-bond acceptors (Lipinski definition) is 1. The summed E-state index contributed by atoms with van der Waals surface area (Å²) in [6.07, 6.45) is 9.01. The maximum Gasteiger partial charge on any atom is 0.103 e. The molecule has 0 aromatic heterocycles. The molecule has 0 spiro atoms. The molecule has 0 saturated carbocycles. The first-order valence-corrected chi connectivity index (χ1v) is 7.36. The highest BCUT2D eigenvalue weighted by Gasteiger charge is 2.38. The largest absolute Gasteiger partial charge is 0.357 e. The van der Waals surface area contributed by atoms with E-state index in [0.717, 1.165) is 0 Å². The molecule has 100 valence electrons. The summed E-state index contributed by atoms with van der Waals surface area (Å²) in [7, 11) is 0. The van der Waals surface area contributed by atoms with Gasteiger partial charge >= 0.3 is 0 Å². The Labute approximate surface area is 123 Å². The number of rotatable bonds is 0. The molecule has 2 aromatic rings. The van der Waals surface area contributed by atoms with Gasteiger partial charge in [-0.1, -0.05) is 72.8 Å². The number of fused-ring (bicyclic) bond motifs is 8. The van der Waals surface area contributed by atoms with Crippen LogP contribution < -0.4 is 0 Å². The molecule has 0 fully saturated rings. The van der Waals surface area contributed by atoms with Crippen LogP contribution in [0.15, 0.2) is 60.7 Å². The van der Waals surface area contributed by atoms with Crippen molar-refractivity contribution in [2.24, 2.45) is 0 Å². The van der Waals surface area contributed by atoms with E-state index in [1.807, 2.05) is 0 Å². The molecule has 3 aliphatic rings. The van der Waals surface area contributed by atoms with Crippen molar-refractivity contribution in [3.8, 4) is 0 Å². The minimum Gasteiger partial charge on any atom is -0.357 e. The van der Waals surface area contributed by atoms with Crippen LogP contribution >= 0.6 is 0 Å². The molecule has 2 bridgehead atoms. The summed E-state index contributed by atoms with van der Waals surface area (Å²) in [5, 5.41) is 0. The second-order valence-electron chi connectivity index (χ2n) is 5.70. The van der Waals surface area contributed by atoms with Crippen LogP contribution in [0.2, 0.25) is 0 Å². The van der Waals surface area contributed by atoms with Gasteiger partial charge in [0, 0.05) is 0 Å². The van der Waals surface area contributed by atoms with Gasteiger partial charge in [0.2, 0.25) is 0 Å². The van der Waals surface area contributed by atoms with Crippen molar-refractivity contribution in [2.75, 3.05) is 0 Å². The van der Waals surface area contributed by atoms with Crippen LogP contribution in [0, 0.1) is 0 Å². The molecule has 1 aliphatic carbocycles. The molecular weight excluding hydrogens is 256 g/mol. The van der Waals surface area contributed by atoms with E-state index in [2.05, 4.69) is 72.8 Å². The van der Waals surface area contributed by atoms with Gasteiger partial charge < -0.3 is 4.74 Å². The van der Waals surface area contributed by atoms with Crippen LogP contribution in [0.25, 0.3) is 23.3 Å². The van der Waals surface area contributed by atoms with Crippen LogP contribution in [0.3, 0.4) is 0 Å². The Balaban J connectivity index is 1.88. The number of hydrogen-bond donors (Lipinski definition) is 0. The minimum absolute atomic E-state index is 0.103. The Bertz CT molecular complexity index is 771. The van der Waals surface area contributed by atoms with Gasteiger partial charge in [-0.2, -0.15) is 0 Å². The van der Waals surface area contributed by atoms with Gasteiger partial charge in [-0.05, 0) is 33.4 Å². The summed E-state index contributed by atoms with van der Waals surface area (Å²) in [6.45, 7) is 0. The lowest BCUT2D eigenvalue weighted by atomic mass is 9.82. The molecule has 2 heterocycles. The molecule has 2 atom stereocenters. The second kappa shape index (κ2) is 4.06. The highest BCUT2D eigenvalue weighted by atomic mass is 16.5. The van der Waals surface area contributed by atoms with Crippen molar-refractivity contribution >= 4 is 23.3 Å². The lowest BCUT2D eigenvalue weighted by Gasteiger charge is -2.19. The molecule has 1 heteroatoms. The lowest BCUT2D eigenvalue weighted by Crippen LogP contribution is -2.06. The average Bonchev–Trinajstić information content (AvgIpc) is 3.12. The molecule has 0 amide bonds. The predicted molar refractivity (Wildman–Crippen MR) is 86.4 cm³/mol. The van der Waals surface area contributed by atoms with Crippen LogP contribution in [0.5, 0.6) is 0 Å². The second-order valence-corrected chi connectivity index (χ2v) is 5.70. The summed E-state index contributed by atoms with van der Waals surface area (Å²) in [4.78, 5) is 0. The zero-order chi connectivity index (χ0) is 13.8. The maximum atomic E-state index is 6.13. The van der Waals surface area contributed by atoms with Crippen molar-refractivity contribution in [3.05, 3.63) is 82.9 Å². The Kier molecular flexibility index (Phi) is 2.18. The molecule has 1 nitrogen and oxygen atoms in total. The van der Waals surface area contributed by atoms with Crippen LogP contribution in [-0.4, -0.2) is 12.2 Å². The minimum atomic E-state index is 0.103. The fraction of sp³-hybridized carbons (Fsp3) is 0.100. The van der Waals surface area contributed by atoms with Gasteiger partial charge in [0.1, 0.15) is 12.2 Å². The zero-order valence-electron chi connectivity index (χ0n) is 11.5. The van der Waals surface area contributed by atoms with E-state index in [0.29, 0.717) is 0 Å². The van der Waals surface area contributed by atoms with Gasteiger partial charge in [-0.15, -0.1) is 0 Å². The summed E-state index contributed by atoms with van der Waals surface area (Å²) >= 11 is 0. The van der Waals surface area contributed by atoms with E-state index in [1.165, 1.54) is 33.4 Å². The molecule has 2 unspecified atom stereocenters. The Morgan fingerprint density at radius 3 is 1.62 bits per heavy atom. The van der Waals surface area contributed by atoms with Crippen molar-refractivity contribution in [1.82, 2.24) is 0 Å². The highest BCUT2D eigenvalue weighted by Crippen LogP contribution is 2.47. The van der Waals surface area contributed by atoms with Crippen molar-refractivity contribution in [2.45, 2.75) is 12.2 Å². The van der Waals surface area contributed by atoms with E-state index >= 15 is 0 Å². The van der Waals surface area contributed by atoms with Gasteiger partial charge in [0.25, 0.3) is 0 Å². The molecular formula is C20H14O. The van der Waals surface area contributed by atoms with Crippen LogP contribution in [0.1, 0.15) is 22.3 Å². The van der Waals surface area contributed by atoms with E-state index in [9.17, 15) is 0 Å². The monoisotopic (exact) mass is 270 g/mol. The van der Waals surface area contributed by atoms with E-state index in [4.69, 9.17) is 4.74 Å². The normalized spacial score (nSPS) is 25.9. The third-order valence-electron chi connectivity index (χ3n) is 4.56. The van der Waals surface area contributed by atoms with E-state index < -0.39 is 0 Å². The third-order valence-corrected chi connectivity index (χ3v) is 4.56. The molecule has 2 aliphatic heterocycles. The summed E-state index contributed by atoms with van der Waals surface area (Å²) in [5.41, 5.74) is 7.82. The first-order chi connectivity index (χ1) is 10.4. The van der Waals surface area contributed by atoms with E-state index in [-0.39, 0.29) is 12.2 Å². The fourth-order valence-corrected chi connectivity index (χ4v) is 3.64. The van der Waals surface area contributed by atoms with Crippen LogP contribution in [-0.2, 0) is 4.74 Å². The Hall–Kier alpha value is -2.38. The van der Waals surface area contributed by atoms with Crippen molar-refractivity contribution in [3.63, 3.8) is 0 Å². The van der Waals surface area contributed by atoms with Gasteiger partial charge in [0.15, 0.2) is 0 Å². The van der Waals surface area contributed by atoms with Crippen molar-refractivity contribution in [1.29, 1.82) is 0 Å². The van der Waals surface area contributed by atoms with E-state index in [1.54, 1.807) is 0 Å². The first kappa shape index (κ1) is 11.3. The number of ether oxygens (including phenoxy) is 1. The quantitative estimate of drug-likeness (QED) is 0.644. The predicted octanol–water partition coefficient (Wildman–Crippen LogP) is 4.42.